The van der Waals surface area contributed by atoms with Crippen LogP contribution in [0.3, 0.4) is 0 Å². The Hall–Kier alpha value is -1.75. The van der Waals surface area contributed by atoms with Crippen molar-refractivity contribution in [3.63, 3.8) is 0 Å². The third-order valence-corrected chi connectivity index (χ3v) is 4.30. The van der Waals surface area contributed by atoms with Crippen LogP contribution in [-0.4, -0.2) is 35.4 Å². The van der Waals surface area contributed by atoms with Crippen molar-refractivity contribution in [3.8, 4) is 0 Å². The molecule has 0 bridgehead atoms. The molecular formula is C22H30FNO2. The second kappa shape index (κ2) is 9.81. The molecule has 3 nitrogen and oxygen atoms in total. The summed E-state index contributed by atoms with van der Waals surface area (Å²) in [5, 5.41) is 10.4. The molecule has 0 amide bonds. The zero-order chi connectivity index (χ0) is 19.1. The molecule has 0 aliphatic rings. The normalized spacial score (nSPS) is 12.8. The summed E-state index contributed by atoms with van der Waals surface area (Å²) in [6.07, 6.45) is -0.474. The Labute approximate surface area is 156 Å². The van der Waals surface area contributed by atoms with E-state index in [-0.39, 0.29) is 11.9 Å². The molecule has 2 aromatic rings. The summed E-state index contributed by atoms with van der Waals surface area (Å²) in [4.78, 5) is 2.18. The Kier molecular flexibility index (Phi) is 7.76. The number of aliphatic hydroxyl groups excluding tert-OH is 1. The maximum Gasteiger partial charge on any atom is 0.123 e. The van der Waals surface area contributed by atoms with Crippen molar-refractivity contribution in [2.24, 2.45) is 0 Å². The van der Waals surface area contributed by atoms with Gasteiger partial charge in [-0.1, -0.05) is 35.9 Å². The molecule has 4 heteroatoms. The summed E-state index contributed by atoms with van der Waals surface area (Å²) < 4.78 is 18.7. The number of ether oxygens (including phenoxy) is 1. The molecule has 142 valence electrons. The van der Waals surface area contributed by atoms with Crippen LogP contribution in [0.4, 0.5) is 4.39 Å². The number of rotatable bonds is 9. The number of halogens is 1. The van der Waals surface area contributed by atoms with Gasteiger partial charge in [0.15, 0.2) is 0 Å². The van der Waals surface area contributed by atoms with Crippen molar-refractivity contribution in [2.45, 2.75) is 53.0 Å². The Morgan fingerprint density at radius 3 is 2.35 bits per heavy atom. The van der Waals surface area contributed by atoms with Crippen LogP contribution in [-0.2, 0) is 17.8 Å². The first-order valence-electron chi connectivity index (χ1n) is 9.16. The Balaban J connectivity index is 2.10. The lowest BCUT2D eigenvalue weighted by Crippen LogP contribution is -2.35. The van der Waals surface area contributed by atoms with Gasteiger partial charge in [0.05, 0.1) is 18.8 Å². The van der Waals surface area contributed by atoms with E-state index in [2.05, 4.69) is 36.9 Å². The molecule has 2 aromatic carbocycles. The van der Waals surface area contributed by atoms with Gasteiger partial charge in [-0.3, -0.25) is 4.90 Å². The molecule has 0 aliphatic carbocycles. The number of hydrogen-bond donors (Lipinski definition) is 1. The zero-order valence-corrected chi connectivity index (χ0v) is 16.2. The summed E-state index contributed by atoms with van der Waals surface area (Å²) in [6, 6.07) is 13.0. The zero-order valence-electron chi connectivity index (χ0n) is 16.2. The van der Waals surface area contributed by atoms with E-state index in [1.807, 2.05) is 13.8 Å². The summed E-state index contributed by atoms with van der Waals surface area (Å²) in [5.41, 5.74) is 4.73. The highest BCUT2D eigenvalue weighted by molar-refractivity contribution is 5.30. The molecule has 0 saturated heterocycles. The maximum atomic E-state index is 13.2. The molecule has 0 radical (unpaired) electrons. The number of nitrogens with zero attached hydrogens (tertiary/aromatic N) is 1. The van der Waals surface area contributed by atoms with Crippen LogP contribution in [0.25, 0.3) is 0 Å². The van der Waals surface area contributed by atoms with Gasteiger partial charge in [0.1, 0.15) is 5.82 Å². The van der Waals surface area contributed by atoms with Crippen molar-refractivity contribution in [1.82, 2.24) is 4.90 Å². The third kappa shape index (κ3) is 6.87. The van der Waals surface area contributed by atoms with Crippen LogP contribution in [0, 0.1) is 19.7 Å². The van der Waals surface area contributed by atoms with E-state index in [1.54, 1.807) is 12.1 Å². The van der Waals surface area contributed by atoms with Crippen molar-refractivity contribution in [2.75, 3.05) is 13.2 Å². The molecule has 0 saturated carbocycles. The van der Waals surface area contributed by atoms with E-state index < -0.39 is 6.10 Å². The molecule has 0 aliphatic heterocycles. The van der Waals surface area contributed by atoms with Gasteiger partial charge in [0.25, 0.3) is 0 Å². The fourth-order valence-electron chi connectivity index (χ4n) is 2.95. The van der Waals surface area contributed by atoms with E-state index in [4.69, 9.17) is 4.74 Å². The van der Waals surface area contributed by atoms with Crippen molar-refractivity contribution in [3.05, 3.63) is 70.5 Å². The van der Waals surface area contributed by atoms with Gasteiger partial charge in [-0.15, -0.1) is 0 Å². The first kappa shape index (κ1) is 20.6. The fourth-order valence-corrected chi connectivity index (χ4v) is 2.95. The summed E-state index contributed by atoms with van der Waals surface area (Å²) in [6.45, 7) is 10.3. The average molecular weight is 359 g/mol. The molecule has 2 rings (SSSR count). The smallest absolute Gasteiger partial charge is 0.123 e. The highest BCUT2D eigenvalue weighted by Gasteiger charge is 2.15. The highest BCUT2D eigenvalue weighted by atomic mass is 19.1. The molecule has 1 N–H and O–H groups in total. The van der Waals surface area contributed by atoms with Gasteiger partial charge in [-0.2, -0.15) is 0 Å². The van der Waals surface area contributed by atoms with Gasteiger partial charge in [0.2, 0.25) is 0 Å². The van der Waals surface area contributed by atoms with Crippen molar-refractivity contribution < 1.29 is 14.2 Å². The largest absolute Gasteiger partial charge is 0.389 e. The van der Waals surface area contributed by atoms with Crippen LogP contribution in [0.5, 0.6) is 0 Å². The SMILES string of the molecule is Cc1ccc(CN(Cc2ccc(F)cc2)CC(O)COC(C)C)c(C)c1. The predicted molar refractivity (Wildman–Crippen MR) is 104 cm³/mol. The minimum Gasteiger partial charge on any atom is -0.389 e. The first-order valence-corrected chi connectivity index (χ1v) is 9.16. The molecule has 1 atom stereocenters. The van der Waals surface area contributed by atoms with Crippen LogP contribution in [0.1, 0.15) is 36.1 Å². The number of aliphatic hydroxyl groups is 1. The Morgan fingerprint density at radius 2 is 1.73 bits per heavy atom. The van der Waals surface area contributed by atoms with Gasteiger partial charge < -0.3 is 9.84 Å². The highest BCUT2D eigenvalue weighted by Crippen LogP contribution is 2.16. The average Bonchev–Trinajstić information content (AvgIpc) is 2.57. The second-order valence-corrected chi connectivity index (χ2v) is 7.26. The predicted octanol–water partition coefficient (Wildman–Crippen LogP) is 4.23. The molecule has 26 heavy (non-hydrogen) atoms. The van der Waals surface area contributed by atoms with Gasteiger partial charge in [-0.25, -0.2) is 4.39 Å². The van der Waals surface area contributed by atoms with E-state index in [0.717, 1.165) is 12.1 Å². The summed E-state index contributed by atoms with van der Waals surface area (Å²) in [5.74, 6) is -0.236. The maximum absolute atomic E-state index is 13.2. The summed E-state index contributed by atoms with van der Waals surface area (Å²) >= 11 is 0. The lowest BCUT2D eigenvalue weighted by Gasteiger charge is -2.26. The van der Waals surface area contributed by atoms with Crippen molar-refractivity contribution >= 4 is 0 Å². The Morgan fingerprint density at radius 1 is 1.04 bits per heavy atom. The van der Waals surface area contributed by atoms with E-state index >= 15 is 0 Å². The lowest BCUT2D eigenvalue weighted by atomic mass is 10.0. The molecule has 0 heterocycles. The molecule has 0 spiro atoms. The molecular weight excluding hydrogens is 329 g/mol. The van der Waals surface area contributed by atoms with Gasteiger partial charge >= 0.3 is 0 Å². The minimum absolute atomic E-state index is 0.0922. The topological polar surface area (TPSA) is 32.7 Å². The van der Waals surface area contributed by atoms with Crippen LogP contribution < -0.4 is 0 Å². The number of aryl methyl sites for hydroxylation is 2. The van der Waals surface area contributed by atoms with Crippen LogP contribution in [0.2, 0.25) is 0 Å². The third-order valence-electron chi connectivity index (χ3n) is 4.30. The number of hydrogen-bond acceptors (Lipinski definition) is 3. The van der Waals surface area contributed by atoms with Crippen LogP contribution in [0.15, 0.2) is 42.5 Å². The monoisotopic (exact) mass is 359 g/mol. The molecule has 0 fully saturated rings. The van der Waals surface area contributed by atoms with Crippen LogP contribution >= 0.6 is 0 Å². The lowest BCUT2D eigenvalue weighted by molar-refractivity contribution is -0.0106. The standard InChI is InChI=1S/C22H30FNO2/c1-16(2)26-15-22(25)14-24(12-19-6-9-21(23)10-7-19)13-20-8-5-17(3)11-18(20)4/h5-11,16,22,25H,12-15H2,1-4H3. The minimum atomic E-state index is -0.566. The molecule has 1 unspecified atom stereocenters. The summed E-state index contributed by atoms with van der Waals surface area (Å²) in [7, 11) is 0. The van der Waals surface area contributed by atoms with Crippen molar-refractivity contribution in [1.29, 1.82) is 0 Å². The number of benzene rings is 2. The second-order valence-electron chi connectivity index (χ2n) is 7.26. The Bertz CT molecular complexity index is 685. The quantitative estimate of drug-likeness (QED) is 0.727. The van der Waals surface area contributed by atoms with E-state index in [9.17, 15) is 9.50 Å². The van der Waals surface area contributed by atoms with Gasteiger partial charge in [-0.05, 0) is 56.5 Å². The first-order chi connectivity index (χ1) is 12.3. The van der Waals surface area contributed by atoms with E-state index in [1.165, 1.54) is 28.8 Å². The fraction of sp³-hybridized carbons (Fsp3) is 0.455. The molecule has 0 aromatic heterocycles. The van der Waals surface area contributed by atoms with E-state index in [0.29, 0.717) is 19.7 Å². The van der Waals surface area contributed by atoms with Gasteiger partial charge in [0, 0.05) is 19.6 Å².